The highest BCUT2D eigenvalue weighted by molar-refractivity contribution is 6.38. The van der Waals surface area contributed by atoms with Gasteiger partial charge in [-0.25, -0.2) is 4.79 Å². The summed E-state index contributed by atoms with van der Waals surface area (Å²) in [5.74, 6) is -2.65. The van der Waals surface area contributed by atoms with E-state index in [2.05, 4.69) is 22.5 Å². The second-order valence-electron chi connectivity index (χ2n) is 13.5. The monoisotopic (exact) mass is 580 g/mol. The van der Waals surface area contributed by atoms with E-state index in [1.165, 1.54) is 11.0 Å². The van der Waals surface area contributed by atoms with Crippen LogP contribution in [0.5, 0.6) is 0 Å². The first-order valence-electron chi connectivity index (χ1n) is 14.4. The predicted octanol–water partition coefficient (Wildman–Crippen LogP) is 3.26. The number of Topliss-reactive ketones (excluding diaryl/α,β-unsaturated/α-hetero) is 1. The van der Waals surface area contributed by atoms with Crippen molar-refractivity contribution in [1.82, 2.24) is 20.9 Å². The molecule has 0 aromatic rings. The second-order valence-corrected chi connectivity index (χ2v) is 13.5. The number of ether oxygens (including phenoxy) is 2. The zero-order chi connectivity index (χ0) is 31.8. The molecule has 234 valence electrons. The van der Waals surface area contributed by atoms with E-state index in [4.69, 9.17) is 9.47 Å². The lowest BCUT2D eigenvalue weighted by Gasteiger charge is -2.37. The van der Waals surface area contributed by atoms with Crippen molar-refractivity contribution >= 4 is 29.6 Å². The van der Waals surface area contributed by atoms with Crippen LogP contribution in [0.15, 0.2) is 12.7 Å². The molecule has 1 aliphatic heterocycles. The van der Waals surface area contributed by atoms with Crippen LogP contribution in [0.2, 0.25) is 0 Å². The van der Waals surface area contributed by atoms with Crippen LogP contribution in [0.1, 0.15) is 94.9 Å². The lowest BCUT2D eigenvalue weighted by molar-refractivity contribution is -0.149. The number of hydrogen-bond donors (Lipinski definition) is 3. The van der Waals surface area contributed by atoms with Crippen molar-refractivity contribution < 1.29 is 33.4 Å². The first kappa shape index (κ1) is 36.1. The molecule has 1 fully saturated rings. The molecule has 4 amide bonds. The van der Waals surface area contributed by atoms with Gasteiger partial charge < -0.3 is 30.3 Å². The smallest absolute Gasteiger partial charge is 0.408 e. The Kier molecular flexibility index (Phi) is 13.0. The van der Waals surface area contributed by atoms with Gasteiger partial charge in [-0.1, -0.05) is 46.6 Å². The van der Waals surface area contributed by atoms with Crippen molar-refractivity contribution in [2.75, 3.05) is 13.1 Å². The number of nitrogens with zero attached hydrogens (tertiary/aromatic N) is 1. The van der Waals surface area contributed by atoms with Crippen LogP contribution in [-0.2, 0) is 28.7 Å². The van der Waals surface area contributed by atoms with Gasteiger partial charge in [0, 0.05) is 13.1 Å². The third-order valence-electron chi connectivity index (χ3n) is 6.28. The SMILES string of the molecule is C=CCNC(=O)C(=O)C(CCCC)NC(=O)C1C(OC(C)(C)C)CCN1C(=O)C(NC(=O)OC(C)(C)C)C(C)(C)C. The fourth-order valence-corrected chi connectivity index (χ4v) is 4.48. The van der Waals surface area contributed by atoms with Crippen molar-refractivity contribution in [2.45, 2.75) is 130 Å². The first-order chi connectivity index (χ1) is 18.7. The average Bonchev–Trinajstić information content (AvgIpc) is 3.22. The predicted molar refractivity (Wildman–Crippen MR) is 157 cm³/mol. The van der Waals surface area contributed by atoms with Crippen molar-refractivity contribution in [2.24, 2.45) is 5.41 Å². The number of rotatable bonds is 12. The highest BCUT2D eigenvalue weighted by atomic mass is 16.6. The number of unbranched alkanes of at least 4 members (excludes halogenated alkanes) is 1. The Bertz CT molecular complexity index is 959. The summed E-state index contributed by atoms with van der Waals surface area (Å²) in [4.78, 5) is 67.4. The Balaban J connectivity index is 3.38. The molecule has 0 spiro atoms. The Morgan fingerprint density at radius 2 is 1.59 bits per heavy atom. The molecule has 11 heteroatoms. The summed E-state index contributed by atoms with van der Waals surface area (Å²) in [6.45, 7) is 22.0. The molecule has 11 nitrogen and oxygen atoms in total. The van der Waals surface area contributed by atoms with Crippen molar-refractivity contribution in [3.05, 3.63) is 12.7 Å². The number of carbonyl (C=O) groups excluding carboxylic acids is 5. The number of likely N-dealkylation sites (tertiary alicyclic amines) is 1. The largest absolute Gasteiger partial charge is 0.444 e. The molecular weight excluding hydrogens is 528 g/mol. The third kappa shape index (κ3) is 11.8. The number of ketones is 1. The lowest BCUT2D eigenvalue weighted by Crippen LogP contribution is -2.61. The summed E-state index contributed by atoms with van der Waals surface area (Å²) in [6, 6.07) is -3.16. The van der Waals surface area contributed by atoms with Gasteiger partial charge in [-0.05, 0) is 59.8 Å². The number of carbonyl (C=O) groups is 5. The summed E-state index contributed by atoms with van der Waals surface area (Å²) >= 11 is 0. The van der Waals surface area contributed by atoms with E-state index in [1.54, 1.807) is 20.8 Å². The van der Waals surface area contributed by atoms with E-state index in [9.17, 15) is 24.0 Å². The topological polar surface area (TPSA) is 143 Å². The van der Waals surface area contributed by atoms with E-state index < -0.39 is 70.4 Å². The fraction of sp³-hybridized carbons (Fsp3) is 0.767. The molecule has 1 heterocycles. The van der Waals surface area contributed by atoms with Crippen LogP contribution in [0.3, 0.4) is 0 Å². The zero-order valence-electron chi connectivity index (χ0n) is 26.6. The van der Waals surface area contributed by atoms with Crippen LogP contribution in [-0.4, -0.2) is 83.0 Å². The molecule has 0 saturated carbocycles. The average molecular weight is 581 g/mol. The molecule has 1 aliphatic rings. The normalized spacial score (nSPS) is 19.1. The van der Waals surface area contributed by atoms with Gasteiger partial charge in [0.25, 0.3) is 5.91 Å². The summed E-state index contributed by atoms with van der Waals surface area (Å²) < 4.78 is 11.6. The molecule has 0 aromatic carbocycles. The summed E-state index contributed by atoms with van der Waals surface area (Å²) in [6.07, 6.45) is 2.03. The Labute approximate surface area is 245 Å². The molecular formula is C30H52N4O7. The van der Waals surface area contributed by atoms with Crippen LogP contribution in [0, 0.1) is 5.41 Å². The maximum Gasteiger partial charge on any atom is 0.408 e. The van der Waals surface area contributed by atoms with E-state index in [-0.39, 0.29) is 19.5 Å². The first-order valence-corrected chi connectivity index (χ1v) is 14.4. The zero-order valence-corrected chi connectivity index (χ0v) is 26.6. The van der Waals surface area contributed by atoms with Crippen LogP contribution >= 0.6 is 0 Å². The Morgan fingerprint density at radius 3 is 2.07 bits per heavy atom. The standard InChI is InChI=1S/C30H52N4O7/c1-12-14-15-19(22(35)25(37)31-17-13-2)32-24(36)21-20(40-29(6,7)8)16-18-34(21)26(38)23(28(3,4)5)33-27(39)41-30(9,10)11/h13,19-21,23H,2,12,14-18H2,1,3-11H3,(H,31,37)(H,32,36)(H,33,39). The van der Waals surface area contributed by atoms with Gasteiger partial charge >= 0.3 is 6.09 Å². The summed E-state index contributed by atoms with van der Waals surface area (Å²) in [5, 5.41) is 7.90. The Morgan fingerprint density at radius 1 is 0.976 bits per heavy atom. The highest BCUT2D eigenvalue weighted by Gasteiger charge is 2.48. The third-order valence-corrected chi connectivity index (χ3v) is 6.28. The number of alkyl carbamates (subject to hydrolysis) is 1. The summed E-state index contributed by atoms with van der Waals surface area (Å²) in [5.41, 5.74) is -2.11. The minimum absolute atomic E-state index is 0.115. The molecule has 0 aliphatic carbocycles. The number of hydrogen-bond acceptors (Lipinski definition) is 7. The van der Waals surface area contributed by atoms with Gasteiger partial charge in [-0.3, -0.25) is 19.2 Å². The van der Waals surface area contributed by atoms with Gasteiger partial charge in [0.1, 0.15) is 17.7 Å². The van der Waals surface area contributed by atoms with E-state index in [1.807, 2.05) is 48.5 Å². The van der Waals surface area contributed by atoms with Gasteiger partial charge in [0.15, 0.2) is 0 Å². The molecule has 0 aromatic heterocycles. The quantitative estimate of drug-likeness (QED) is 0.237. The van der Waals surface area contributed by atoms with Crippen molar-refractivity contribution in [3.63, 3.8) is 0 Å². The lowest BCUT2D eigenvalue weighted by atomic mass is 9.85. The number of nitrogens with one attached hydrogen (secondary N) is 3. The summed E-state index contributed by atoms with van der Waals surface area (Å²) in [7, 11) is 0. The molecule has 1 rings (SSSR count). The van der Waals surface area contributed by atoms with Crippen molar-refractivity contribution in [1.29, 1.82) is 0 Å². The highest BCUT2D eigenvalue weighted by Crippen LogP contribution is 2.30. The van der Waals surface area contributed by atoms with E-state index in [0.29, 0.717) is 12.8 Å². The minimum Gasteiger partial charge on any atom is -0.444 e. The number of amides is 4. The van der Waals surface area contributed by atoms with Crippen LogP contribution in [0.25, 0.3) is 0 Å². The second kappa shape index (κ2) is 14.8. The molecule has 4 atom stereocenters. The maximum absolute atomic E-state index is 14.0. The molecule has 4 unspecified atom stereocenters. The maximum atomic E-state index is 14.0. The van der Waals surface area contributed by atoms with Gasteiger partial charge in [0.05, 0.1) is 17.7 Å². The van der Waals surface area contributed by atoms with Gasteiger partial charge in [0.2, 0.25) is 17.6 Å². The molecule has 0 bridgehead atoms. The van der Waals surface area contributed by atoms with Gasteiger partial charge in [-0.15, -0.1) is 6.58 Å². The molecule has 41 heavy (non-hydrogen) atoms. The molecule has 3 N–H and O–H groups in total. The Hall–Kier alpha value is -2.95. The fourth-order valence-electron chi connectivity index (χ4n) is 4.48. The molecule has 0 radical (unpaired) electrons. The van der Waals surface area contributed by atoms with Crippen molar-refractivity contribution in [3.8, 4) is 0 Å². The van der Waals surface area contributed by atoms with Crippen LogP contribution < -0.4 is 16.0 Å². The molecule has 1 saturated heterocycles. The minimum atomic E-state index is -1.08. The van der Waals surface area contributed by atoms with Crippen LogP contribution in [0.4, 0.5) is 4.79 Å². The van der Waals surface area contributed by atoms with Gasteiger partial charge in [-0.2, -0.15) is 0 Å². The van der Waals surface area contributed by atoms with E-state index in [0.717, 1.165) is 6.42 Å². The van der Waals surface area contributed by atoms with E-state index >= 15 is 0 Å².